The van der Waals surface area contributed by atoms with E-state index < -0.39 is 10.0 Å². The first-order valence-electron chi connectivity index (χ1n) is 6.97. The second-order valence-corrected chi connectivity index (χ2v) is 7.41. The van der Waals surface area contributed by atoms with Crippen LogP contribution in [0.15, 0.2) is 23.1 Å². The van der Waals surface area contributed by atoms with Crippen molar-refractivity contribution in [3.8, 4) is 0 Å². The van der Waals surface area contributed by atoms with Crippen LogP contribution in [0.2, 0.25) is 10.0 Å². The Balaban J connectivity index is 2.60. The molecule has 0 heterocycles. The maximum atomic E-state index is 12.2. The van der Waals surface area contributed by atoms with Crippen LogP contribution in [0.25, 0.3) is 0 Å². The fraction of sp³-hybridized carbons (Fsp3) is 0.500. The zero-order chi connectivity index (χ0) is 17.5. The molecule has 0 aliphatic rings. The van der Waals surface area contributed by atoms with E-state index in [0.717, 1.165) is 0 Å². The topological polar surface area (TPSA) is 75.7 Å². The van der Waals surface area contributed by atoms with Crippen molar-refractivity contribution < 1.29 is 17.9 Å². The molecule has 23 heavy (non-hydrogen) atoms. The molecule has 1 aromatic rings. The zero-order valence-corrected chi connectivity index (χ0v) is 15.3. The summed E-state index contributed by atoms with van der Waals surface area (Å²) in [5.41, 5.74) is 0. The first kappa shape index (κ1) is 20.2. The van der Waals surface area contributed by atoms with Gasteiger partial charge in [0.05, 0.1) is 14.9 Å². The summed E-state index contributed by atoms with van der Waals surface area (Å²) in [5, 5.41) is 0.450. The summed E-state index contributed by atoms with van der Waals surface area (Å²) in [6.45, 7) is 2.88. The Morgan fingerprint density at radius 3 is 2.52 bits per heavy atom. The van der Waals surface area contributed by atoms with Crippen molar-refractivity contribution in [3.05, 3.63) is 28.2 Å². The Labute approximate surface area is 146 Å². The summed E-state index contributed by atoms with van der Waals surface area (Å²) in [6.07, 6.45) is 0.690. The van der Waals surface area contributed by atoms with Gasteiger partial charge in [-0.25, -0.2) is 13.1 Å². The third-order valence-corrected chi connectivity index (χ3v) is 5.29. The molecule has 9 heteroatoms. The average molecular weight is 383 g/mol. The van der Waals surface area contributed by atoms with Gasteiger partial charge < -0.3 is 9.64 Å². The molecule has 1 N–H and O–H groups in total. The van der Waals surface area contributed by atoms with Crippen LogP contribution in [0.1, 0.15) is 13.3 Å². The molecule has 0 spiro atoms. The van der Waals surface area contributed by atoms with Crippen molar-refractivity contribution >= 4 is 39.1 Å². The number of ether oxygens (including phenoxy) is 1. The first-order valence-corrected chi connectivity index (χ1v) is 9.21. The van der Waals surface area contributed by atoms with Gasteiger partial charge in [-0.2, -0.15) is 0 Å². The number of benzene rings is 1. The largest absolute Gasteiger partial charge is 0.385 e. The SMILES string of the molecule is COCCCN(CCNS(=O)(=O)c1ccc(Cl)c(Cl)c1)C(C)=O. The fourth-order valence-corrected chi connectivity index (χ4v) is 3.28. The van der Waals surface area contributed by atoms with E-state index in [-0.39, 0.29) is 33.9 Å². The van der Waals surface area contributed by atoms with E-state index in [4.69, 9.17) is 27.9 Å². The lowest BCUT2D eigenvalue weighted by Crippen LogP contribution is -2.38. The number of nitrogens with one attached hydrogen (secondary N) is 1. The highest BCUT2D eigenvalue weighted by atomic mass is 35.5. The van der Waals surface area contributed by atoms with Crippen LogP contribution >= 0.6 is 23.2 Å². The predicted molar refractivity (Wildman–Crippen MR) is 90.4 cm³/mol. The third-order valence-electron chi connectivity index (χ3n) is 3.10. The van der Waals surface area contributed by atoms with Gasteiger partial charge in [0.25, 0.3) is 0 Å². The van der Waals surface area contributed by atoms with Crippen LogP contribution in [-0.4, -0.2) is 52.6 Å². The Hall–Kier alpha value is -0.860. The number of rotatable bonds is 9. The van der Waals surface area contributed by atoms with Crippen molar-refractivity contribution in [3.63, 3.8) is 0 Å². The highest BCUT2D eigenvalue weighted by Gasteiger charge is 2.16. The van der Waals surface area contributed by atoms with Crippen molar-refractivity contribution in [2.24, 2.45) is 0 Å². The minimum Gasteiger partial charge on any atom is -0.385 e. The van der Waals surface area contributed by atoms with E-state index in [0.29, 0.717) is 19.6 Å². The molecule has 0 unspecified atom stereocenters. The maximum Gasteiger partial charge on any atom is 0.240 e. The minimum absolute atomic E-state index is 0.0284. The molecule has 0 fully saturated rings. The van der Waals surface area contributed by atoms with Gasteiger partial charge in [0.15, 0.2) is 0 Å². The highest BCUT2D eigenvalue weighted by Crippen LogP contribution is 2.24. The average Bonchev–Trinajstić information content (AvgIpc) is 2.48. The van der Waals surface area contributed by atoms with Gasteiger partial charge in [0.1, 0.15) is 0 Å². The Morgan fingerprint density at radius 1 is 1.26 bits per heavy atom. The Kier molecular flexibility index (Phi) is 8.28. The van der Waals surface area contributed by atoms with E-state index >= 15 is 0 Å². The second kappa shape index (κ2) is 9.44. The van der Waals surface area contributed by atoms with Gasteiger partial charge in [-0.1, -0.05) is 23.2 Å². The predicted octanol–water partition coefficient (Wildman–Crippen LogP) is 2.16. The number of carbonyl (C=O) groups excluding carboxylic acids is 1. The molecule has 1 rings (SSSR count). The standard InChI is InChI=1S/C14H20Cl2N2O4S/c1-11(19)18(7-3-9-22-2)8-6-17-23(20,21)12-4-5-13(15)14(16)10-12/h4-5,10,17H,3,6-9H2,1-2H3. The van der Waals surface area contributed by atoms with Gasteiger partial charge in [-0.15, -0.1) is 0 Å². The molecule has 0 aromatic heterocycles. The monoisotopic (exact) mass is 382 g/mol. The number of hydrogen-bond acceptors (Lipinski definition) is 4. The molecule has 0 bridgehead atoms. The molecule has 0 atom stereocenters. The van der Waals surface area contributed by atoms with Crippen LogP contribution < -0.4 is 4.72 Å². The fourth-order valence-electron chi connectivity index (χ4n) is 1.87. The minimum atomic E-state index is -3.70. The summed E-state index contributed by atoms with van der Waals surface area (Å²) in [6, 6.07) is 4.08. The summed E-state index contributed by atoms with van der Waals surface area (Å²) in [5.74, 6) is -0.116. The number of methoxy groups -OCH3 is 1. The van der Waals surface area contributed by atoms with Crippen molar-refractivity contribution in [1.82, 2.24) is 9.62 Å². The van der Waals surface area contributed by atoms with Crippen molar-refractivity contribution in [2.75, 3.05) is 33.4 Å². The number of sulfonamides is 1. The van der Waals surface area contributed by atoms with E-state index in [9.17, 15) is 13.2 Å². The highest BCUT2D eigenvalue weighted by molar-refractivity contribution is 7.89. The number of nitrogens with zero attached hydrogens (tertiary/aromatic N) is 1. The van der Waals surface area contributed by atoms with Crippen LogP contribution in [0.4, 0.5) is 0 Å². The van der Waals surface area contributed by atoms with Crippen molar-refractivity contribution in [1.29, 1.82) is 0 Å². The van der Waals surface area contributed by atoms with Gasteiger partial charge >= 0.3 is 0 Å². The quantitative estimate of drug-likeness (QED) is 0.663. The third kappa shape index (κ3) is 6.64. The van der Waals surface area contributed by atoms with E-state index in [1.165, 1.54) is 25.1 Å². The molecule has 6 nitrogen and oxygen atoms in total. The van der Waals surface area contributed by atoms with E-state index in [2.05, 4.69) is 4.72 Å². The number of hydrogen-bond donors (Lipinski definition) is 1. The van der Waals surface area contributed by atoms with Gasteiger partial charge in [-0.05, 0) is 24.6 Å². The van der Waals surface area contributed by atoms with Gasteiger partial charge in [0, 0.05) is 40.3 Å². The van der Waals surface area contributed by atoms with Crippen LogP contribution in [-0.2, 0) is 19.6 Å². The molecule has 1 amide bonds. The molecule has 130 valence electrons. The lowest BCUT2D eigenvalue weighted by atomic mass is 10.4. The lowest BCUT2D eigenvalue weighted by Gasteiger charge is -2.21. The summed E-state index contributed by atoms with van der Waals surface area (Å²) >= 11 is 11.6. The smallest absolute Gasteiger partial charge is 0.240 e. The molecule has 0 aliphatic carbocycles. The summed E-state index contributed by atoms with van der Waals surface area (Å²) in [4.78, 5) is 13.1. The normalized spacial score (nSPS) is 11.5. The number of halogens is 2. The molecular formula is C14H20Cl2N2O4S. The molecule has 0 saturated carbocycles. The van der Waals surface area contributed by atoms with Crippen molar-refractivity contribution in [2.45, 2.75) is 18.2 Å². The number of amides is 1. The van der Waals surface area contributed by atoms with Crippen LogP contribution in [0.5, 0.6) is 0 Å². The second-order valence-electron chi connectivity index (χ2n) is 4.83. The maximum absolute atomic E-state index is 12.2. The summed E-state index contributed by atoms with van der Waals surface area (Å²) < 4.78 is 31.7. The molecule has 0 radical (unpaired) electrons. The molecule has 0 saturated heterocycles. The Morgan fingerprint density at radius 2 is 1.96 bits per heavy atom. The van der Waals surface area contributed by atoms with E-state index in [1.54, 1.807) is 12.0 Å². The van der Waals surface area contributed by atoms with E-state index in [1.807, 2.05) is 0 Å². The Bertz CT molecular complexity index is 638. The number of carbonyl (C=O) groups is 1. The molecule has 1 aromatic carbocycles. The van der Waals surface area contributed by atoms with Crippen LogP contribution in [0.3, 0.4) is 0 Å². The molecule has 0 aliphatic heterocycles. The van der Waals surface area contributed by atoms with Gasteiger partial charge in [-0.3, -0.25) is 4.79 Å². The molecular weight excluding hydrogens is 363 g/mol. The van der Waals surface area contributed by atoms with Crippen LogP contribution in [0, 0.1) is 0 Å². The lowest BCUT2D eigenvalue weighted by molar-refractivity contribution is -0.128. The van der Waals surface area contributed by atoms with Gasteiger partial charge in [0.2, 0.25) is 15.9 Å². The summed E-state index contributed by atoms with van der Waals surface area (Å²) in [7, 11) is -2.12. The zero-order valence-electron chi connectivity index (χ0n) is 13.0. The first-order chi connectivity index (χ1) is 10.8.